The second kappa shape index (κ2) is 6.39. The normalized spacial score (nSPS) is 10.5. The molecule has 74 valence electrons. The Kier molecular flexibility index (Phi) is 6.36. The molecule has 1 aromatic rings. The van der Waals surface area contributed by atoms with Crippen LogP contribution in [0, 0.1) is 6.92 Å². The zero-order valence-electron chi connectivity index (χ0n) is 8.20. The molecular formula is C10H16BrOP. The number of hydrogen-bond acceptors (Lipinski definition) is 1. The standard InChI is InChI=1S/C10H15OP.BrH/c1-8(2)12-11-10-7-5-4-6-9(10)3;/h4-8,12H,1-3H3;1H. The fraction of sp³-hybridized carbons (Fsp3) is 0.400. The average Bonchev–Trinajstić information content (AvgIpc) is 2.03. The molecule has 1 rings (SSSR count). The van der Waals surface area contributed by atoms with Crippen LogP contribution >= 0.6 is 25.8 Å². The largest absolute Gasteiger partial charge is 0.477 e. The number of hydrogen-bond donors (Lipinski definition) is 0. The van der Waals surface area contributed by atoms with Crippen molar-refractivity contribution in [2.45, 2.75) is 26.4 Å². The van der Waals surface area contributed by atoms with E-state index in [9.17, 15) is 0 Å². The maximum atomic E-state index is 5.63. The molecule has 1 nitrogen and oxygen atoms in total. The molecule has 0 aromatic heterocycles. The van der Waals surface area contributed by atoms with Gasteiger partial charge in [-0.25, -0.2) is 0 Å². The molecule has 0 amide bonds. The molecular weight excluding hydrogens is 247 g/mol. The number of para-hydroxylation sites is 1. The predicted octanol–water partition coefficient (Wildman–Crippen LogP) is 3.95. The van der Waals surface area contributed by atoms with E-state index in [4.69, 9.17) is 4.52 Å². The van der Waals surface area contributed by atoms with Crippen molar-refractivity contribution in [3.8, 4) is 5.75 Å². The Bertz CT molecular complexity index is 250. The lowest BCUT2D eigenvalue weighted by molar-refractivity contribution is 0.617. The number of aryl methyl sites for hydroxylation is 1. The lowest BCUT2D eigenvalue weighted by Gasteiger charge is -2.09. The van der Waals surface area contributed by atoms with Gasteiger partial charge in [0.15, 0.2) is 0 Å². The maximum Gasteiger partial charge on any atom is 0.125 e. The Labute approximate surface area is 92.5 Å². The molecule has 1 unspecified atom stereocenters. The van der Waals surface area contributed by atoms with Crippen LogP contribution in [0.25, 0.3) is 0 Å². The molecule has 0 saturated heterocycles. The summed E-state index contributed by atoms with van der Waals surface area (Å²) >= 11 is 0. The van der Waals surface area contributed by atoms with Crippen molar-refractivity contribution >= 4 is 25.8 Å². The van der Waals surface area contributed by atoms with Crippen LogP contribution in [0.1, 0.15) is 19.4 Å². The highest BCUT2D eigenvalue weighted by molar-refractivity contribution is 8.93. The van der Waals surface area contributed by atoms with E-state index < -0.39 is 0 Å². The first kappa shape index (κ1) is 12.9. The van der Waals surface area contributed by atoms with Crippen molar-refractivity contribution in [3.63, 3.8) is 0 Å². The molecule has 0 aliphatic heterocycles. The summed E-state index contributed by atoms with van der Waals surface area (Å²) in [5, 5.41) is 0. The molecule has 0 radical (unpaired) electrons. The third-order valence-corrected chi connectivity index (χ3v) is 2.31. The van der Waals surface area contributed by atoms with Gasteiger partial charge in [-0.3, -0.25) is 0 Å². The second-order valence-electron chi connectivity index (χ2n) is 3.14. The van der Waals surface area contributed by atoms with Crippen LogP contribution < -0.4 is 4.52 Å². The maximum absolute atomic E-state index is 5.63. The first-order valence-electron chi connectivity index (χ1n) is 4.18. The average molecular weight is 263 g/mol. The monoisotopic (exact) mass is 262 g/mol. The van der Waals surface area contributed by atoms with Gasteiger partial charge in [-0.15, -0.1) is 17.0 Å². The third-order valence-electron chi connectivity index (χ3n) is 1.50. The minimum absolute atomic E-state index is 0. The molecule has 0 aliphatic carbocycles. The Morgan fingerprint density at radius 3 is 2.38 bits per heavy atom. The van der Waals surface area contributed by atoms with E-state index in [0.717, 1.165) is 5.75 Å². The highest BCUT2D eigenvalue weighted by atomic mass is 79.9. The SMILES string of the molecule is Br.Cc1ccccc1OPC(C)C. The van der Waals surface area contributed by atoms with Crippen molar-refractivity contribution in [3.05, 3.63) is 29.8 Å². The predicted molar refractivity (Wildman–Crippen MR) is 65.6 cm³/mol. The zero-order chi connectivity index (χ0) is 8.97. The van der Waals surface area contributed by atoms with Gasteiger partial charge in [0.05, 0.1) is 8.81 Å². The van der Waals surface area contributed by atoms with Crippen molar-refractivity contribution in [1.29, 1.82) is 0 Å². The molecule has 1 atom stereocenters. The summed E-state index contributed by atoms with van der Waals surface area (Å²) in [5.74, 6) is 1.02. The topological polar surface area (TPSA) is 9.23 Å². The molecule has 13 heavy (non-hydrogen) atoms. The van der Waals surface area contributed by atoms with E-state index in [0.29, 0.717) is 14.5 Å². The van der Waals surface area contributed by atoms with Gasteiger partial charge in [0.1, 0.15) is 5.75 Å². The van der Waals surface area contributed by atoms with E-state index in [1.807, 2.05) is 18.2 Å². The molecule has 0 spiro atoms. The Hall–Kier alpha value is -0.0700. The Morgan fingerprint density at radius 2 is 1.85 bits per heavy atom. The molecule has 0 fully saturated rings. The van der Waals surface area contributed by atoms with Crippen LogP contribution in [-0.2, 0) is 0 Å². The van der Waals surface area contributed by atoms with Gasteiger partial charge < -0.3 is 4.52 Å². The van der Waals surface area contributed by atoms with Crippen LogP contribution in [0.3, 0.4) is 0 Å². The summed E-state index contributed by atoms with van der Waals surface area (Å²) in [6, 6.07) is 8.12. The summed E-state index contributed by atoms with van der Waals surface area (Å²) in [5.41, 5.74) is 1.83. The zero-order valence-corrected chi connectivity index (χ0v) is 10.9. The number of benzene rings is 1. The molecule has 0 saturated carbocycles. The van der Waals surface area contributed by atoms with E-state index in [2.05, 4.69) is 26.8 Å². The number of halogens is 1. The van der Waals surface area contributed by atoms with Crippen molar-refractivity contribution < 1.29 is 4.52 Å². The van der Waals surface area contributed by atoms with Gasteiger partial charge in [-0.05, 0) is 18.6 Å². The quantitative estimate of drug-likeness (QED) is 0.750. The first-order chi connectivity index (χ1) is 5.70. The summed E-state index contributed by atoms with van der Waals surface area (Å²) < 4.78 is 5.63. The fourth-order valence-corrected chi connectivity index (χ4v) is 1.44. The van der Waals surface area contributed by atoms with E-state index in [1.54, 1.807) is 0 Å². The van der Waals surface area contributed by atoms with Gasteiger partial charge in [-0.1, -0.05) is 32.0 Å². The van der Waals surface area contributed by atoms with Crippen molar-refractivity contribution in [1.82, 2.24) is 0 Å². The number of rotatable bonds is 3. The van der Waals surface area contributed by atoms with Gasteiger partial charge in [0.25, 0.3) is 0 Å². The fourth-order valence-electron chi connectivity index (χ4n) is 0.852. The van der Waals surface area contributed by atoms with E-state index in [-0.39, 0.29) is 17.0 Å². The lowest BCUT2D eigenvalue weighted by Crippen LogP contribution is -1.89. The summed E-state index contributed by atoms with van der Waals surface area (Å²) in [7, 11) is 0.562. The second-order valence-corrected chi connectivity index (χ2v) is 4.73. The van der Waals surface area contributed by atoms with Crippen LogP contribution in [0.15, 0.2) is 24.3 Å². The van der Waals surface area contributed by atoms with Crippen molar-refractivity contribution in [2.75, 3.05) is 0 Å². The molecule has 3 heteroatoms. The summed E-state index contributed by atoms with van der Waals surface area (Å²) in [6.45, 7) is 6.40. The third kappa shape index (κ3) is 4.64. The highest BCUT2D eigenvalue weighted by Crippen LogP contribution is 2.26. The van der Waals surface area contributed by atoms with Crippen LogP contribution in [-0.4, -0.2) is 5.66 Å². The van der Waals surface area contributed by atoms with Gasteiger partial charge in [0, 0.05) is 5.66 Å². The summed E-state index contributed by atoms with van der Waals surface area (Å²) in [4.78, 5) is 0. The van der Waals surface area contributed by atoms with Gasteiger partial charge in [-0.2, -0.15) is 0 Å². The molecule has 0 bridgehead atoms. The molecule has 0 aliphatic rings. The van der Waals surface area contributed by atoms with Gasteiger partial charge >= 0.3 is 0 Å². The lowest BCUT2D eigenvalue weighted by atomic mass is 10.2. The van der Waals surface area contributed by atoms with E-state index in [1.165, 1.54) is 5.56 Å². The molecule has 1 aromatic carbocycles. The van der Waals surface area contributed by atoms with Crippen LogP contribution in [0.4, 0.5) is 0 Å². The highest BCUT2D eigenvalue weighted by Gasteiger charge is 1.98. The van der Waals surface area contributed by atoms with Gasteiger partial charge in [0.2, 0.25) is 0 Å². The minimum Gasteiger partial charge on any atom is -0.477 e. The smallest absolute Gasteiger partial charge is 0.125 e. The Balaban J connectivity index is 0.00000144. The molecule has 0 N–H and O–H groups in total. The molecule has 0 heterocycles. The Morgan fingerprint density at radius 1 is 1.23 bits per heavy atom. The summed E-state index contributed by atoms with van der Waals surface area (Å²) in [6.07, 6.45) is 0. The minimum atomic E-state index is 0. The first-order valence-corrected chi connectivity index (χ1v) is 5.16. The van der Waals surface area contributed by atoms with Crippen LogP contribution in [0.2, 0.25) is 0 Å². The van der Waals surface area contributed by atoms with Crippen molar-refractivity contribution in [2.24, 2.45) is 0 Å². The van der Waals surface area contributed by atoms with Crippen LogP contribution in [0.5, 0.6) is 5.75 Å². The van der Waals surface area contributed by atoms with E-state index >= 15 is 0 Å².